The van der Waals surface area contributed by atoms with Gasteiger partial charge in [0, 0.05) is 70.5 Å². The number of nitrogens with zero attached hydrogens (tertiary/aromatic N) is 6. The van der Waals surface area contributed by atoms with Gasteiger partial charge in [-0.05, 0) is 55.8 Å². The fraction of sp³-hybridized carbons (Fsp3) is 0.487. The number of benzene rings is 2. The Morgan fingerprint density at radius 3 is 2.69 bits per heavy atom. The highest BCUT2D eigenvalue weighted by Crippen LogP contribution is 2.42. The first kappa shape index (κ1) is 37.6. The minimum atomic E-state index is -0.948. The normalized spacial score (nSPS) is 20.2. The van der Waals surface area contributed by atoms with Gasteiger partial charge in [-0.15, -0.1) is 6.42 Å². The van der Waals surface area contributed by atoms with Gasteiger partial charge < -0.3 is 23.8 Å². The topological polar surface area (TPSA) is 114 Å². The van der Waals surface area contributed by atoms with Crippen LogP contribution in [0, 0.1) is 24.0 Å². The van der Waals surface area contributed by atoms with E-state index in [1.54, 1.807) is 0 Å². The lowest BCUT2D eigenvalue weighted by atomic mass is 9.95. The molecule has 0 aliphatic carbocycles. The molecule has 3 fully saturated rings. The van der Waals surface area contributed by atoms with E-state index in [1.165, 1.54) is 49.6 Å². The van der Waals surface area contributed by atoms with Crippen LogP contribution in [0.15, 0.2) is 30.5 Å². The van der Waals surface area contributed by atoms with Gasteiger partial charge in [0.15, 0.2) is 11.6 Å². The second-order valence-electron chi connectivity index (χ2n) is 14.0. The Hall–Kier alpha value is -4.75. The number of hydrogen-bond acceptors (Lipinski definition) is 11. The summed E-state index contributed by atoms with van der Waals surface area (Å²) in [6.07, 6.45) is 10.6. The number of carbonyl (C=O) groups is 1. The Balaban J connectivity index is 1.34. The maximum Gasteiger partial charge on any atom is 0.415 e. The maximum atomic E-state index is 17.2. The summed E-state index contributed by atoms with van der Waals surface area (Å²) in [7, 11) is 3.05. The molecule has 54 heavy (non-hydrogen) atoms. The minimum absolute atomic E-state index is 0.0572. The van der Waals surface area contributed by atoms with Crippen LogP contribution < -0.4 is 19.9 Å². The largest absolute Gasteiger partial charge is 0.461 e. The number of amides is 1. The van der Waals surface area contributed by atoms with Crippen LogP contribution in [-0.2, 0) is 9.47 Å². The molecule has 0 spiro atoms. The zero-order valence-corrected chi connectivity index (χ0v) is 30.5. The van der Waals surface area contributed by atoms with Crippen molar-refractivity contribution in [1.29, 1.82) is 0 Å². The lowest BCUT2D eigenvalue weighted by Crippen LogP contribution is -2.43. The Morgan fingerprint density at radius 1 is 1.09 bits per heavy atom. The Labute approximate surface area is 311 Å². The van der Waals surface area contributed by atoms with E-state index in [9.17, 15) is 9.18 Å². The van der Waals surface area contributed by atoms with Gasteiger partial charge in [-0.1, -0.05) is 18.4 Å². The van der Waals surface area contributed by atoms with Gasteiger partial charge in [0.25, 0.3) is 0 Å². The number of ether oxygens (including phenoxy) is 4. The first-order valence-electron chi connectivity index (χ1n) is 18.3. The van der Waals surface area contributed by atoms with Gasteiger partial charge in [0.2, 0.25) is 0 Å². The van der Waals surface area contributed by atoms with Crippen molar-refractivity contribution in [1.82, 2.24) is 30.2 Å². The van der Waals surface area contributed by atoms with Crippen LogP contribution in [0.25, 0.3) is 32.9 Å². The van der Waals surface area contributed by atoms with Crippen molar-refractivity contribution >= 4 is 33.6 Å². The van der Waals surface area contributed by atoms with Crippen LogP contribution in [0.4, 0.5) is 23.8 Å². The molecule has 5 heterocycles. The lowest BCUT2D eigenvalue weighted by Gasteiger charge is -2.31. The van der Waals surface area contributed by atoms with Gasteiger partial charge in [0.05, 0.1) is 29.7 Å². The van der Waals surface area contributed by atoms with E-state index >= 15 is 8.78 Å². The smallest absolute Gasteiger partial charge is 0.415 e. The van der Waals surface area contributed by atoms with Gasteiger partial charge in [-0.2, -0.15) is 9.97 Å². The third-order valence-electron chi connectivity index (χ3n) is 10.5. The average Bonchev–Trinajstić information content (AvgIpc) is 3.55. The highest BCUT2D eigenvalue weighted by atomic mass is 19.1. The third-order valence-corrected chi connectivity index (χ3v) is 10.5. The fourth-order valence-electron chi connectivity index (χ4n) is 7.84. The van der Waals surface area contributed by atoms with Crippen molar-refractivity contribution in [2.45, 2.75) is 50.2 Å². The standard InChI is InChI=1S/C39H44F3N7O5/c1-4-28-31(41)10-9-25-19-27(54-38(50)47(15-17-51-2)16-18-52-3)20-29(32(25)28)34-33(42)35-30(22-43-34)36(49-14-7-5-6-12-44-49)46-37(45-35)53-24-39-11-8-13-48(39)23-26(40)21-39/h1,9-10,19-20,22,26,44H,5-8,11-18,21,23-24H2,2-3H3/t26-,39+/m1/s1. The summed E-state index contributed by atoms with van der Waals surface area (Å²) in [6, 6.07) is 5.58. The van der Waals surface area contributed by atoms with Crippen molar-refractivity contribution < 1.29 is 36.9 Å². The summed E-state index contributed by atoms with van der Waals surface area (Å²) in [5, 5.41) is 2.79. The molecule has 0 saturated carbocycles. The quantitative estimate of drug-likeness (QED) is 0.182. The molecule has 7 rings (SSSR count). The Morgan fingerprint density at radius 2 is 1.91 bits per heavy atom. The molecular formula is C39H44F3N7O5. The number of carbonyl (C=O) groups excluding carboxylic acids is 1. The first-order valence-corrected chi connectivity index (χ1v) is 18.3. The molecule has 2 aromatic heterocycles. The molecule has 3 aliphatic rings. The zero-order chi connectivity index (χ0) is 37.8. The number of fused-ring (bicyclic) bond motifs is 3. The summed E-state index contributed by atoms with van der Waals surface area (Å²) in [6.45, 7) is 3.58. The van der Waals surface area contributed by atoms with E-state index in [4.69, 9.17) is 30.4 Å². The van der Waals surface area contributed by atoms with E-state index < -0.39 is 29.4 Å². The van der Waals surface area contributed by atoms with Gasteiger partial charge >= 0.3 is 12.1 Å². The SMILES string of the molecule is C#Cc1c(F)ccc2cc(OC(=O)N(CCOC)CCOC)cc(-c3ncc4c(N5CCCCCN5)nc(OC[C@@]56CCCN5C[C@H](F)C6)nc4c3F)c12. The summed E-state index contributed by atoms with van der Waals surface area (Å²) in [5.41, 5.74) is 2.61. The average molecular weight is 748 g/mol. The molecule has 0 unspecified atom stereocenters. The van der Waals surface area contributed by atoms with Crippen LogP contribution in [0.3, 0.4) is 0 Å². The number of nitrogens with one attached hydrogen (secondary N) is 1. The van der Waals surface area contributed by atoms with Crippen LogP contribution in [0.2, 0.25) is 0 Å². The summed E-state index contributed by atoms with van der Waals surface area (Å²) in [5.74, 6) is 1.33. The fourth-order valence-corrected chi connectivity index (χ4v) is 7.84. The van der Waals surface area contributed by atoms with Crippen molar-refractivity contribution in [3.8, 4) is 35.4 Å². The summed E-state index contributed by atoms with van der Waals surface area (Å²) >= 11 is 0. The van der Waals surface area contributed by atoms with Gasteiger partial charge in [-0.25, -0.2) is 23.4 Å². The number of hydrogen-bond donors (Lipinski definition) is 1. The number of anilines is 1. The first-order chi connectivity index (χ1) is 26.2. The molecule has 3 saturated heterocycles. The number of terminal acetylenes is 1. The van der Waals surface area contributed by atoms with Crippen LogP contribution in [0.1, 0.15) is 44.1 Å². The van der Waals surface area contributed by atoms with Crippen molar-refractivity contribution in [3.63, 3.8) is 0 Å². The number of alkyl halides is 1. The number of pyridine rings is 1. The maximum absolute atomic E-state index is 17.2. The highest BCUT2D eigenvalue weighted by molar-refractivity contribution is 6.03. The monoisotopic (exact) mass is 747 g/mol. The van der Waals surface area contributed by atoms with E-state index in [0.29, 0.717) is 42.6 Å². The molecule has 2 atom stereocenters. The van der Waals surface area contributed by atoms with Gasteiger partial charge in [-0.3, -0.25) is 14.9 Å². The van der Waals surface area contributed by atoms with Crippen molar-refractivity contribution in [3.05, 3.63) is 47.7 Å². The second-order valence-corrected chi connectivity index (χ2v) is 14.0. The molecule has 0 bridgehead atoms. The molecule has 12 nitrogen and oxygen atoms in total. The minimum Gasteiger partial charge on any atom is -0.461 e. The lowest BCUT2D eigenvalue weighted by molar-refractivity contribution is 0.102. The van der Waals surface area contributed by atoms with E-state index in [-0.39, 0.29) is 72.4 Å². The number of aromatic nitrogens is 3. The molecule has 1 N–H and O–H groups in total. The predicted octanol–water partition coefficient (Wildman–Crippen LogP) is 5.65. The third kappa shape index (κ3) is 7.48. The van der Waals surface area contributed by atoms with Crippen molar-refractivity contribution in [2.24, 2.45) is 0 Å². The zero-order valence-electron chi connectivity index (χ0n) is 30.5. The Kier molecular flexibility index (Phi) is 11.4. The van der Waals surface area contributed by atoms with Crippen LogP contribution in [0.5, 0.6) is 11.8 Å². The molecule has 2 aromatic carbocycles. The highest BCUT2D eigenvalue weighted by Gasteiger charge is 2.49. The molecule has 0 radical (unpaired) electrons. The molecule has 3 aliphatic heterocycles. The van der Waals surface area contributed by atoms with Crippen LogP contribution >= 0.6 is 0 Å². The number of methoxy groups -OCH3 is 2. The number of rotatable bonds is 12. The molecule has 286 valence electrons. The molecular weight excluding hydrogens is 703 g/mol. The number of halogens is 3. The van der Waals surface area contributed by atoms with Crippen molar-refractivity contribution in [2.75, 3.05) is 78.3 Å². The van der Waals surface area contributed by atoms with Gasteiger partial charge in [0.1, 0.15) is 35.6 Å². The molecule has 15 heteroatoms. The summed E-state index contributed by atoms with van der Waals surface area (Å²) < 4.78 is 69.4. The molecule has 1 amide bonds. The molecule has 4 aromatic rings. The Bertz CT molecular complexity index is 2050. The predicted molar refractivity (Wildman–Crippen MR) is 197 cm³/mol. The van der Waals surface area contributed by atoms with E-state index in [1.807, 2.05) is 5.01 Å². The number of hydrazine groups is 1. The summed E-state index contributed by atoms with van der Waals surface area (Å²) in [4.78, 5) is 30.8. The second kappa shape index (κ2) is 16.3. The van der Waals surface area contributed by atoms with E-state index in [0.717, 1.165) is 38.6 Å². The van der Waals surface area contributed by atoms with Crippen LogP contribution in [-0.4, -0.2) is 116 Å². The van der Waals surface area contributed by atoms with E-state index in [2.05, 4.69) is 26.2 Å².